The smallest absolute Gasteiger partial charge is 0.134 e. The van der Waals surface area contributed by atoms with Crippen LogP contribution in [0.25, 0.3) is 0 Å². The molecule has 0 amide bonds. The number of aryl methyl sites for hydroxylation is 1. The highest BCUT2D eigenvalue weighted by atomic mass is 79.9. The zero-order chi connectivity index (χ0) is 13.7. The second kappa shape index (κ2) is 7.03. The van der Waals surface area contributed by atoms with Gasteiger partial charge in [-0.2, -0.15) is 0 Å². The lowest BCUT2D eigenvalue weighted by atomic mass is 10.1. The molecule has 0 unspecified atom stereocenters. The van der Waals surface area contributed by atoms with Gasteiger partial charge in [-0.05, 0) is 53.0 Å². The Kier molecular flexibility index (Phi) is 5.36. The number of hydrogen-bond donors (Lipinski definition) is 1. The molecule has 0 spiro atoms. The van der Waals surface area contributed by atoms with Gasteiger partial charge in [0.15, 0.2) is 0 Å². The Bertz CT molecular complexity index is 542. The van der Waals surface area contributed by atoms with Gasteiger partial charge < -0.3 is 10.5 Å². The van der Waals surface area contributed by atoms with Crippen LogP contribution in [0.5, 0.6) is 5.75 Å². The van der Waals surface area contributed by atoms with Crippen LogP contribution in [-0.2, 0) is 19.4 Å². The molecule has 2 aromatic rings. The fraction of sp³-hybridized carbons (Fsp3) is 0.357. The SMILES string of the molecule is CCc1nc(COc2ccc(CCN)cc2Br)cs1. The van der Waals surface area contributed by atoms with Crippen LogP contribution in [-0.4, -0.2) is 11.5 Å². The van der Waals surface area contributed by atoms with E-state index in [4.69, 9.17) is 10.5 Å². The van der Waals surface area contributed by atoms with Crippen molar-refractivity contribution in [1.82, 2.24) is 4.98 Å². The molecule has 2 rings (SSSR count). The summed E-state index contributed by atoms with van der Waals surface area (Å²) in [4.78, 5) is 4.48. The fourth-order valence-electron chi connectivity index (χ4n) is 1.71. The van der Waals surface area contributed by atoms with Crippen molar-refractivity contribution in [1.29, 1.82) is 0 Å². The molecule has 0 atom stereocenters. The summed E-state index contributed by atoms with van der Waals surface area (Å²) in [7, 11) is 0. The Morgan fingerprint density at radius 2 is 2.26 bits per heavy atom. The van der Waals surface area contributed by atoms with Crippen LogP contribution in [0.2, 0.25) is 0 Å². The van der Waals surface area contributed by atoms with Crippen LogP contribution in [0.15, 0.2) is 28.1 Å². The van der Waals surface area contributed by atoms with Crippen molar-refractivity contribution in [3.05, 3.63) is 44.3 Å². The van der Waals surface area contributed by atoms with Crippen LogP contribution in [0, 0.1) is 0 Å². The van der Waals surface area contributed by atoms with Gasteiger partial charge in [-0.3, -0.25) is 0 Å². The largest absolute Gasteiger partial charge is 0.486 e. The minimum atomic E-state index is 0.505. The number of nitrogens with two attached hydrogens (primary N) is 1. The molecule has 0 aliphatic carbocycles. The molecule has 1 aromatic carbocycles. The van der Waals surface area contributed by atoms with Gasteiger partial charge in [-0.15, -0.1) is 11.3 Å². The first kappa shape index (κ1) is 14.5. The van der Waals surface area contributed by atoms with Crippen LogP contribution in [0.4, 0.5) is 0 Å². The van der Waals surface area contributed by atoms with Gasteiger partial charge in [0.2, 0.25) is 0 Å². The maximum atomic E-state index is 5.78. The Labute approximate surface area is 125 Å². The molecule has 0 aliphatic rings. The molecule has 0 fully saturated rings. The van der Waals surface area contributed by atoms with Gasteiger partial charge in [-0.1, -0.05) is 13.0 Å². The molecule has 19 heavy (non-hydrogen) atoms. The van der Waals surface area contributed by atoms with E-state index >= 15 is 0 Å². The zero-order valence-corrected chi connectivity index (χ0v) is 13.3. The number of hydrogen-bond acceptors (Lipinski definition) is 4. The minimum absolute atomic E-state index is 0.505. The maximum absolute atomic E-state index is 5.78. The molecular formula is C14H17BrN2OS. The summed E-state index contributed by atoms with van der Waals surface area (Å²) in [6, 6.07) is 6.08. The highest BCUT2D eigenvalue weighted by molar-refractivity contribution is 9.10. The number of halogens is 1. The first-order chi connectivity index (χ1) is 9.22. The van der Waals surface area contributed by atoms with Gasteiger partial charge in [0, 0.05) is 5.38 Å². The van der Waals surface area contributed by atoms with Crippen LogP contribution >= 0.6 is 27.3 Å². The third kappa shape index (κ3) is 4.03. The van der Waals surface area contributed by atoms with Crippen molar-refractivity contribution in [2.75, 3.05) is 6.54 Å². The molecule has 3 nitrogen and oxygen atoms in total. The van der Waals surface area contributed by atoms with Gasteiger partial charge in [-0.25, -0.2) is 4.98 Å². The van der Waals surface area contributed by atoms with Crippen molar-refractivity contribution in [3.8, 4) is 5.75 Å². The number of thiazole rings is 1. The van der Waals surface area contributed by atoms with Crippen LogP contribution in [0.1, 0.15) is 23.2 Å². The molecule has 1 heterocycles. The molecule has 2 N–H and O–H groups in total. The summed E-state index contributed by atoms with van der Waals surface area (Å²) >= 11 is 5.21. The predicted octanol–water partition coefficient (Wildman–Crippen LogP) is 3.55. The quantitative estimate of drug-likeness (QED) is 0.874. The molecule has 0 saturated carbocycles. The highest BCUT2D eigenvalue weighted by Crippen LogP contribution is 2.27. The second-order valence-corrected chi connectivity index (χ2v) is 5.98. The number of nitrogens with zero attached hydrogens (tertiary/aromatic N) is 1. The lowest BCUT2D eigenvalue weighted by Crippen LogP contribution is -2.03. The number of rotatable bonds is 6. The number of aromatic nitrogens is 1. The highest BCUT2D eigenvalue weighted by Gasteiger charge is 2.05. The topological polar surface area (TPSA) is 48.1 Å². The Morgan fingerprint density at radius 3 is 2.89 bits per heavy atom. The van der Waals surface area contributed by atoms with Crippen molar-refractivity contribution in [2.45, 2.75) is 26.4 Å². The average molecular weight is 341 g/mol. The Hall–Kier alpha value is -0.910. The number of ether oxygens (including phenoxy) is 1. The van der Waals surface area contributed by atoms with Gasteiger partial charge >= 0.3 is 0 Å². The van der Waals surface area contributed by atoms with Gasteiger partial charge in [0.25, 0.3) is 0 Å². The van der Waals surface area contributed by atoms with E-state index in [9.17, 15) is 0 Å². The molecule has 0 radical (unpaired) electrons. The third-order valence-electron chi connectivity index (χ3n) is 2.71. The molecule has 5 heteroatoms. The average Bonchev–Trinajstić information content (AvgIpc) is 2.86. The fourth-order valence-corrected chi connectivity index (χ4v) is 2.98. The van der Waals surface area contributed by atoms with Crippen molar-refractivity contribution < 1.29 is 4.74 Å². The summed E-state index contributed by atoms with van der Waals surface area (Å²) in [6.45, 7) is 3.27. The van der Waals surface area contributed by atoms with E-state index in [0.29, 0.717) is 13.2 Å². The standard InChI is InChI=1S/C14H17BrN2OS/c1-2-14-17-11(9-19-14)8-18-13-4-3-10(5-6-16)7-12(13)15/h3-4,7,9H,2,5-6,8,16H2,1H3. The van der Waals surface area contributed by atoms with Crippen molar-refractivity contribution in [2.24, 2.45) is 5.73 Å². The lowest BCUT2D eigenvalue weighted by molar-refractivity contribution is 0.300. The van der Waals surface area contributed by atoms with E-state index in [1.807, 2.05) is 12.1 Å². The zero-order valence-electron chi connectivity index (χ0n) is 10.9. The van der Waals surface area contributed by atoms with E-state index in [0.717, 1.165) is 33.8 Å². The predicted molar refractivity (Wildman–Crippen MR) is 82.7 cm³/mol. The van der Waals surface area contributed by atoms with Crippen LogP contribution in [0.3, 0.4) is 0 Å². The Balaban J connectivity index is 1.99. The third-order valence-corrected chi connectivity index (χ3v) is 4.37. The summed E-state index contributed by atoms with van der Waals surface area (Å²) in [6.07, 6.45) is 1.85. The van der Waals surface area contributed by atoms with Crippen molar-refractivity contribution >= 4 is 27.3 Å². The van der Waals surface area contributed by atoms with E-state index in [2.05, 4.69) is 39.3 Å². The monoisotopic (exact) mass is 340 g/mol. The van der Waals surface area contributed by atoms with E-state index < -0.39 is 0 Å². The molecule has 102 valence electrons. The molecule has 0 bridgehead atoms. The normalized spacial score (nSPS) is 10.7. The number of benzene rings is 1. The van der Waals surface area contributed by atoms with E-state index in [-0.39, 0.29) is 0 Å². The van der Waals surface area contributed by atoms with E-state index in [1.54, 1.807) is 11.3 Å². The summed E-state index contributed by atoms with van der Waals surface area (Å²) in [5, 5.41) is 3.20. The summed E-state index contributed by atoms with van der Waals surface area (Å²) in [5.74, 6) is 0.840. The first-order valence-corrected chi connectivity index (χ1v) is 7.94. The summed E-state index contributed by atoms with van der Waals surface area (Å²) < 4.78 is 6.74. The molecule has 1 aromatic heterocycles. The van der Waals surface area contributed by atoms with Gasteiger partial charge in [0.05, 0.1) is 15.2 Å². The van der Waals surface area contributed by atoms with Crippen LogP contribution < -0.4 is 10.5 Å². The first-order valence-electron chi connectivity index (χ1n) is 6.27. The maximum Gasteiger partial charge on any atom is 0.134 e. The van der Waals surface area contributed by atoms with E-state index in [1.165, 1.54) is 5.56 Å². The minimum Gasteiger partial charge on any atom is -0.486 e. The lowest BCUT2D eigenvalue weighted by Gasteiger charge is -2.08. The molecule has 0 saturated heterocycles. The molecular weight excluding hydrogens is 324 g/mol. The Morgan fingerprint density at radius 1 is 1.42 bits per heavy atom. The molecule has 0 aliphatic heterocycles. The van der Waals surface area contributed by atoms with Crippen molar-refractivity contribution in [3.63, 3.8) is 0 Å². The second-order valence-electron chi connectivity index (χ2n) is 4.18. The van der Waals surface area contributed by atoms with Gasteiger partial charge in [0.1, 0.15) is 12.4 Å². The summed E-state index contributed by atoms with van der Waals surface area (Å²) in [5.41, 5.74) is 7.74.